The molecule has 0 saturated carbocycles. The minimum absolute atomic E-state index is 0.491. The lowest BCUT2D eigenvalue weighted by atomic mass is 10.0. The molecule has 1 unspecified atom stereocenters. The minimum atomic E-state index is 0.491. The van der Waals surface area contributed by atoms with E-state index in [1.807, 2.05) is 25.0 Å². The molecular formula is C18H28N6S. The molecule has 7 heteroatoms. The maximum absolute atomic E-state index is 4.69. The van der Waals surface area contributed by atoms with Crippen molar-refractivity contribution in [3.63, 3.8) is 0 Å². The van der Waals surface area contributed by atoms with Gasteiger partial charge in [-0.2, -0.15) is 5.10 Å². The van der Waals surface area contributed by atoms with Gasteiger partial charge in [0.25, 0.3) is 0 Å². The molecule has 3 rings (SSSR count). The molecule has 0 spiro atoms. The zero-order valence-corrected chi connectivity index (χ0v) is 16.4. The van der Waals surface area contributed by atoms with Crippen molar-refractivity contribution in [3.8, 4) is 0 Å². The number of nitrogens with zero attached hydrogens (tertiary/aromatic N) is 5. The molecule has 136 valence electrons. The van der Waals surface area contributed by atoms with Crippen molar-refractivity contribution in [2.24, 2.45) is 18.0 Å². The summed E-state index contributed by atoms with van der Waals surface area (Å²) >= 11 is 1.74. The third kappa shape index (κ3) is 4.60. The summed E-state index contributed by atoms with van der Waals surface area (Å²) in [5.74, 6) is 2.13. The monoisotopic (exact) mass is 360 g/mol. The van der Waals surface area contributed by atoms with Gasteiger partial charge in [-0.25, -0.2) is 4.98 Å². The van der Waals surface area contributed by atoms with Crippen molar-refractivity contribution in [3.05, 3.63) is 34.0 Å². The van der Waals surface area contributed by atoms with Crippen LogP contribution in [0.2, 0.25) is 0 Å². The average molecular weight is 361 g/mol. The Morgan fingerprint density at radius 3 is 2.96 bits per heavy atom. The van der Waals surface area contributed by atoms with E-state index >= 15 is 0 Å². The highest BCUT2D eigenvalue weighted by molar-refractivity contribution is 7.09. The molecule has 1 fully saturated rings. The van der Waals surface area contributed by atoms with Crippen molar-refractivity contribution in [1.29, 1.82) is 0 Å². The van der Waals surface area contributed by atoms with Crippen molar-refractivity contribution < 1.29 is 0 Å². The second kappa shape index (κ2) is 7.99. The Morgan fingerprint density at radius 1 is 1.48 bits per heavy atom. The Morgan fingerprint density at radius 2 is 2.32 bits per heavy atom. The van der Waals surface area contributed by atoms with E-state index in [0.717, 1.165) is 37.7 Å². The van der Waals surface area contributed by atoms with Gasteiger partial charge in [-0.1, -0.05) is 13.8 Å². The van der Waals surface area contributed by atoms with E-state index in [4.69, 9.17) is 0 Å². The normalized spacial score (nSPS) is 18.4. The van der Waals surface area contributed by atoms with Crippen molar-refractivity contribution in [2.45, 2.75) is 39.2 Å². The molecular weight excluding hydrogens is 332 g/mol. The molecule has 2 aromatic heterocycles. The molecule has 0 aromatic carbocycles. The first-order valence-electron chi connectivity index (χ1n) is 8.92. The molecule has 6 nitrogen and oxygen atoms in total. The predicted octanol–water partition coefficient (Wildman–Crippen LogP) is 2.64. The van der Waals surface area contributed by atoms with Gasteiger partial charge in [0, 0.05) is 44.7 Å². The van der Waals surface area contributed by atoms with Crippen LogP contribution in [0, 0.1) is 5.92 Å². The number of guanidine groups is 1. The van der Waals surface area contributed by atoms with Crippen LogP contribution >= 0.6 is 11.3 Å². The van der Waals surface area contributed by atoms with E-state index in [-0.39, 0.29) is 0 Å². The molecule has 0 aliphatic carbocycles. The van der Waals surface area contributed by atoms with Gasteiger partial charge in [0.1, 0.15) is 0 Å². The maximum atomic E-state index is 4.69. The van der Waals surface area contributed by atoms with E-state index in [0.29, 0.717) is 11.8 Å². The first-order chi connectivity index (χ1) is 12.0. The van der Waals surface area contributed by atoms with Crippen LogP contribution in [0.25, 0.3) is 0 Å². The number of thiazole rings is 1. The van der Waals surface area contributed by atoms with Crippen molar-refractivity contribution in [1.82, 2.24) is 25.0 Å². The van der Waals surface area contributed by atoms with Crippen molar-refractivity contribution in [2.75, 3.05) is 20.1 Å². The van der Waals surface area contributed by atoms with Crippen LogP contribution in [0.1, 0.15) is 42.5 Å². The number of hydrogen-bond acceptors (Lipinski definition) is 4. The van der Waals surface area contributed by atoms with Crippen LogP contribution in [-0.4, -0.2) is 45.8 Å². The topological polar surface area (TPSA) is 58.3 Å². The fraction of sp³-hybridized carbons (Fsp3) is 0.611. The number of nitrogens with one attached hydrogen (secondary N) is 1. The van der Waals surface area contributed by atoms with Gasteiger partial charge in [-0.3, -0.25) is 9.67 Å². The summed E-state index contributed by atoms with van der Waals surface area (Å²) in [4.78, 5) is 11.5. The summed E-state index contributed by atoms with van der Waals surface area (Å²) in [6.07, 6.45) is 6.38. The summed E-state index contributed by atoms with van der Waals surface area (Å²) in [5, 5.41) is 11.1. The Balaban J connectivity index is 1.51. The Hall–Kier alpha value is -1.89. The smallest absolute Gasteiger partial charge is 0.193 e. The fourth-order valence-electron chi connectivity index (χ4n) is 3.27. The molecule has 1 aliphatic rings. The van der Waals surface area contributed by atoms with Crippen LogP contribution in [0.3, 0.4) is 0 Å². The molecule has 2 aromatic rings. The molecule has 1 N–H and O–H groups in total. The van der Waals surface area contributed by atoms with Gasteiger partial charge in [-0.15, -0.1) is 11.3 Å². The highest BCUT2D eigenvalue weighted by Gasteiger charge is 2.25. The Labute approximate surface area is 154 Å². The third-order valence-electron chi connectivity index (χ3n) is 4.57. The molecule has 25 heavy (non-hydrogen) atoms. The summed E-state index contributed by atoms with van der Waals surface area (Å²) in [6.45, 7) is 7.20. The lowest BCUT2D eigenvalue weighted by molar-refractivity contribution is 0.459. The zero-order valence-electron chi connectivity index (χ0n) is 15.6. The zero-order chi connectivity index (χ0) is 17.8. The van der Waals surface area contributed by atoms with E-state index in [2.05, 4.69) is 50.7 Å². The van der Waals surface area contributed by atoms with E-state index < -0.39 is 0 Å². The molecule has 3 heterocycles. The van der Waals surface area contributed by atoms with Crippen LogP contribution in [0.5, 0.6) is 0 Å². The molecule has 1 atom stereocenters. The number of rotatable bonds is 5. The standard InChI is InChI=1S/C18H28N6S/c1-13(2)17-22-16(12-25-17)9-20-18(19-3)24-6-5-14(11-24)7-15-8-21-23(4)10-15/h8,10,12-14H,5-7,9,11H2,1-4H3,(H,19,20). The second-order valence-electron chi connectivity index (χ2n) is 7.06. The highest BCUT2D eigenvalue weighted by atomic mass is 32.1. The van der Waals surface area contributed by atoms with Gasteiger partial charge >= 0.3 is 0 Å². The number of aliphatic imine (C=N–C) groups is 1. The fourth-order valence-corrected chi connectivity index (χ4v) is 4.11. The lowest BCUT2D eigenvalue weighted by Crippen LogP contribution is -2.39. The van der Waals surface area contributed by atoms with Gasteiger partial charge in [0.15, 0.2) is 5.96 Å². The number of hydrogen-bond donors (Lipinski definition) is 1. The van der Waals surface area contributed by atoms with Crippen LogP contribution in [-0.2, 0) is 20.0 Å². The average Bonchev–Trinajstić information content (AvgIpc) is 3.30. The van der Waals surface area contributed by atoms with E-state index in [9.17, 15) is 0 Å². The molecule has 1 aliphatic heterocycles. The summed E-state index contributed by atoms with van der Waals surface area (Å²) in [6, 6.07) is 0. The van der Waals surface area contributed by atoms with E-state index in [1.165, 1.54) is 17.0 Å². The quantitative estimate of drug-likeness (QED) is 0.658. The Bertz CT molecular complexity index is 717. The third-order valence-corrected chi connectivity index (χ3v) is 5.77. The molecule has 0 amide bonds. The number of likely N-dealkylation sites (tertiary alicyclic amines) is 1. The summed E-state index contributed by atoms with van der Waals surface area (Å²) < 4.78 is 1.88. The molecule has 0 radical (unpaired) electrons. The summed E-state index contributed by atoms with van der Waals surface area (Å²) in [5.41, 5.74) is 2.42. The number of aromatic nitrogens is 3. The SMILES string of the molecule is CN=C(NCc1csc(C(C)C)n1)N1CCC(Cc2cnn(C)c2)C1. The Kier molecular flexibility index (Phi) is 5.73. The lowest BCUT2D eigenvalue weighted by Gasteiger charge is -2.21. The van der Waals surface area contributed by atoms with Gasteiger partial charge in [0.05, 0.1) is 23.4 Å². The molecule has 1 saturated heterocycles. The van der Waals surface area contributed by atoms with Gasteiger partial charge < -0.3 is 10.2 Å². The first kappa shape index (κ1) is 17.9. The van der Waals surface area contributed by atoms with Crippen molar-refractivity contribution >= 4 is 17.3 Å². The maximum Gasteiger partial charge on any atom is 0.193 e. The van der Waals surface area contributed by atoms with E-state index in [1.54, 1.807) is 11.3 Å². The second-order valence-corrected chi connectivity index (χ2v) is 7.95. The van der Waals surface area contributed by atoms with Crippen LogP contribution < -0.4 is 5.32 Å². The largest absolute Gasteiger partial charge is 0.351 e. The highest BCUT2D eigenvalue weighted by Crippen LogP contribution is 2.21. The van der Waals surface area contributed by atoms with Crippen LogP contribution in [0.4, 0.5) is 0 Å². The summed E-state index contributed by atoms with van der Waals surface area (Å²) in [7, 11) is 3.83. The number of aryl methyl sites for hydroxylation is 1. The van der Waals surface area contributed by atoms with Gasteiger partial charge in [0.2, 0.25) is 0 Å². The first-order valence-corrected chi connectivity index (χ1v) is 9.80. The van der Waals surface area contributed by atoms with Crippen LogP contribution in [0.15, 0.2) is 22.8 Å². The minimum Gasteiger partial charge on any atom is -0.351 e. The molecule has 0 bridgehead atoms. The van der Waals surface area contributed by atoms with Gasteiger partial charge in [-0.05, 0) is 24.3 Å². The predicted molar refractivity (Wildman–Crippen MR) is 103 cm³/mol.